The second-order valence-corrected chi connectivity index (χ2v) is 13.0. The normalized spacial score (nSPS) is 12.4. The number of nitrogens with zero attached hydrogens (tertiary/aromatic N) is 2. The van der Waals surface area contributed by atoms with Crippen LogP contribution in [0.5, 0.6) is 11.5 Å². The van der Waals surface area contributed by atoms with E-state index in [1.54, 1.807) is 0 Å². The molecule has 3 heterocycles. The van der Waals surface area contributed by atoms with Crippen molar-refractivity contribution in [2.75, 3.05) is 4.90 Å². The molecule has 0 amide bonds. The average molecular weight is 619 g/mol. The summed E-state index contributed by atoms with van der Waals surface area (Å²) in [5.74, 6) is 1.71. The van der Waals surface area contributed by atoms with Crippen molar-refractivity contribution in [1.29, 1.82) is 0 Å². The minimum atomic E-state index is 0.853. The van der Waals surface area contributed by atoms with E-state index in [1.165, 1.54) is 47.5 Å². The Morgan fingerprint density at radius 2 is 1.19 bits per heavy atom. The molecule has 47 heavy (non-hydrogen) atoms. The highest BCUT2D eigenvalue weighted by Crippen LogP contribution is 2.51. The van der Waals surface area contributed by atoms with Crippen LogP contribution in [0.3, 0.4) is 0 Å². The number of benzene rings is 7. The van der Waals surface area contributed by atoms with Crippen molar-refractivity contribution in [3.8, 4) is 33.9 Å². The Labute approximate surface area is 275 Å². The molecule has 2 aromatic heterocycles. The van der Waals surface area contributed by atoms with Gasteiger partial charge in [-0.3, -0.25) is 0 Å². The van der Waals surface area contributed by atoms with Crippen molar-refractivity contribution in [2.24, 2.45) is 0 Å². The Kier molecular flexibility index (Phi) is 5.74. The number of pyridine rings is 1. The molecule has 3 nitrogen and oxygen atoms in total. The second kappa shape index (κ2) is 10.3. The van der Waals surface area contributed by atoms with Crippen LogP contribution in [0.1, 0.15) is 0 Å². The van der Waals surface area contributed by atoms with E-state index >= 15 is 0 Å². The van der Waals surface area contributed by atoms with Gasteiger partial charge in [0.25, 0.3) is 0 Å². The first-order valence-corrected chi connectivity index (χ1v) is 16.6. The summed E-state index contributed by atoms with van der Waals surface area (Å²) in [7, 11) is 0. The highest BCUT2D eigenvalue weighted by atomic mass is 32.1. The van der Waals surface area contributed by atoms with Gasteiger partial charge in [-0.05, 0) is 59.7 Å². The Morgan fingerprint density at radius 1 is 0.511 bits per heavy atom. The van der Waals surface area contributed by atoms with Gasteiger partial charge >= 0.3 is 0 Å². The maximum absolute atomic E-state index is 6.29. The monoisotopic (exact) mass is 618 g/mol. The van der Waals surface area contributed by atoms with Crippen LogP contribution in [0, 0.1) is 0 Å². The molecule has 10 rings (SSSR count). The smallest absolute Gasteiger partial charge is 0.151 e. The molecule has 0 unspecified atom stereocenters. The topological polar surface area (TPSA) is 25.4 Å². The number of rotatable bonds is 3. The van der Waals surface area contributed by atoms with Crippen LogP contribution in [0.4, 0.5) is 17.1 Å². The van der Waals surface area contributed by atoms with Crippen molar-refractivity contribution < 1.29 is 4.74 Å². The van der Waals surface area contributed by atoms with E-state index in [1.807, 2.05) is 35.6 Å². The number of thiophene rings is 1. The summed E-state index contributed by atoms with van der Waals surface area (Å²) in [6.07, 6.45) is 0. The first-order valence-electron chi connectivity index (χ1n) is 15.8. The van der Waals surface area contributed by atoms with E-state index in [0.717, 1.165) is 45.3 Å². The van der Waals surface area contributed by atoms with E-state index < -0.39 is 0 Å². The summed E-state index contributed by atoms with van der Waals surface area (Å²) in [4.78, 5) is 7.49. The molecule has 0 saturated carbocycles. The quantitative estimate of drug-likeness (QED) is 0.184. The number of fused-ring (bicyclic) bond motifs is 9. The van der Waals surface area contributed by atoms with Gasteiger partial charge in [-0.15, -0.1) is 11.3 Å². The fourth-order valence-corrected chi connectivity index (χ4v) is 8.41. The third-order valence-electron chi connectivity index (χ3n) is 9.22. The van der Waals surface area contributed by atoms with Crippen molar-refractivity contribution in [2.45, 2.75) is 0 Å². The predicted molar refractivity (Wildman–Crippen MR) is 198 cm³/mol. The molecule has 0 N–H and O–H groups in total. The lowest BCUT2D eigenvalue weighted by Crippen LogP contribution is -2.15. The molecule has 0 atom stereocenters. The van der Waals surface area contributed by atoms with Gasteiger partial charge < -0.3 is 9.64 Å². The van der Waals surface area contributed by atoms with Crippen LogP contribution >= 0.6 is 11.3 Å². The van der Waals surface area contributed by atoms with E-state index in [-0.39, 0.29) is 0 Å². The van der Waals surface area contributed by atoms with Crippen molar-refractivity contribution in [3.05, 3.63) is 158 Å². The lowest BCUT2D eigenvalue weighted by atomic mass is 9.95. The van der Waals surface area contributed by atoms with Gasteiger partial charge in [0, 0.05) is 47.6 Å². The lowest BCUT2D eigenvalue weighted by Gasteiger charge is -2.33. The molecule has 1 aliphatic rings. The van der Waals surface area contributed by atoms with E-state index in [4.69, 9.17) is 9.72 Å². The average Bonchev–Trinajstić information content (AvgIpc) is 3.53. The number of hydrogen-bond donors (Lipinski definition) is 0. The zero-order chi connectivity index (χ0) is 30.9. The van der Waals surface area contributed by atoms with Crippen LogP contribution in [-0.2, 0) is 0 Å². The fraction of sp³-hybridized carbons (Fsp3) is 0. The van der Waals surface area contributed by atoms with Gasteiger partial charge in [0.15, 0.2) is 11.5 Å². The summed E-state index contributed by atoms with van der Waals surface area (Å²) in [5, 5.41) is 6.21. The molecule has 0 fully saturated rings. The van der Waals surface area contributed by atoms with Gasteiger partial charge in [0.1, 0.15) is 0 Å². The Hall–Kier alpha value is -5.97. The van der Waals surface area contributed by atoms with Crippen LogP contribution in [0.2, 0.25) is 0 Å². The number of aromatic nitrogens is 1. The van der Waals surface area contributed by atoms with Gasteiger partial charge in [-0.2, -0.15) is 0 Å². The maximum Gasteiger partial charge on any atom is 0.151 e. The first-order chi connectivity index (χ1) is 23.3. The number of ether oxygens (including phenoxy) is 1. The highest BCUT2D eigenvalue weighted by Gasteiger charge is 2.26. The summed E-state index contributed by atoms with van der Waals surface area (Å²) < 4.78 is 8.86. The van der Waals surface area contributed by atoms with Crippen molar-refractivity contribution in [3.63, 3.8) is 0 Å². The van der Waals surface area contributed by atoms with Gasteiger partial charge in [-0.1, -0.05) is 109 Å². The van der Waals surface area contributed by atoms with Crippen LogP contribution < -0.4 is 9.64 Å². The largest absolute Gasteiger partial charge is 0.453 e. The van der Waals surface area contributed by atoms with Crippen LogP contribution in [-0.4, -0.2) is 4.98 Å². The molecule has 0 saturated heterocycles. The van der Waals surface area contributed by atoms with Gasteiger partial charge in [0.2, 0.25) is 0 Å². The Morgan fingerprint density at radius 3 is 2.02 bits per heavy atom. The number of hydrogen-bond acceptors (Lipinski definition) is 4. The maximum atomic E-state index is 6.29. The molecule has 0 spiro atoms. The second-order valence-electron chi connectivity index (χ2n) is 11.9. The molecule has 1 aliphatic heterocycles. The van der Waals surface area contributed by atoms with Crippen LogP contribution in [0.25, 0.3) is 64.2 Å². The summed E-state index contributed by atoms with van der Waals surface area (Å²) in [6, 6.07) is 55.8. The molecular weight excluding hydrogens is 593 g/mol. The predicted octanol–water partition coefficient (Wildman–Crippen LogP) is 12.7. The first kappa shape index (κ1) is 26.3. The molecule has 4 heteroatoms. The zero-order valence-electron chi connectivity index (χ0n) is 25.2. The standard InChI is InChI=1S/C43H26N2OS/c1-2-12-27(13-3-1)42-32-24-25-39-41(40(32)31-16-4-5-19-34(31)44-42)33-18-11-17-30(43(33)47-39)28-14-10-15-29(26-28)45-35-20-6-8-22-37(35)46-38-23-9-7-21-36(38)45/h1-26H. The molecule has 7 aromatic carbocycles. The summed E-state index contributed by atoms with van der Waals surface area (Å²) in [5.41, 5.74) is 8.74. The number of para-hydroxylation sites is 5. The fourth-order valence-electron chi connectivity index (χ4n) is 7.17. The minimum Gasteiger partial charge on any atom is -0.453 e. The molecule has 0 bridgehead atoms. The summed E-state index contributed by atoms with van der Waals surface area (Å²) >= 11 is 1.87. The lowest BCUT2D eigenvalue weighted by molar-refractivity contribution is 0.477. The third kappa shape index (κ3) is 4.02. The van der Waals surface area contributed by atoms with Crippen LogP contribution in [0.15, 0.2) is 158 Å². The molecule has 220 valence electrons. The van der Waals surface area contributed by atoms with Gasteiger partial charge in [-0.25, -0.2) is 4.98 Å². The number of anilines is 3. The van der Waals surface area contributed by atoms with Gasteiger partial charge in [0.05, 0.1) is 22.6 Å². The minimum absolute atomic E-state index is 0.853. The van der Waals surface area contributed by atoms with E-state index in [2.05, 4.69) is 138 Å². The Bertz CT molecular complexity index is 2630. The third-order valence-corrected chi connectivity index (χ3v) is 10.4. The molecule has 0 aliphatic carbocycles. The van der Waals surface area contributed by atoms with Crippen molar-refractivity contribution >= 4 is 70.2 Å². The van der Waals surface area contributed by atoms with E-state index in [0.29, 0.717) is 0 Å². The summed E-state index contributed by atoms with van der Waals surface area (Å²) in [6.45, 7) is 0. The Balaban J connectivity index is 1.21. The molecule has 0 radical (unpaired) electrons. The van der Waals surface area contributed by atoms with Crippen molar-refractivity contribution in [1.82, 2.24) is 4.98 Å². The van der Waals surface area contributed by atoms with E-state index in [9.17, 15) is 0 Å². The highest BCUT2D eigenvalue weighted by molar-refractivity contribution is 7.26. The molecule has 9 aromatic rings. The zero-order valence-corrected chi connectivity index (χ0v) is 26.0. The molecular formula is C43H26N2OS. The SMILES string of the molecule is c1ccc(-c2nc3ccccc3c3c2ccc2sc4c(-c5cccc(N6c7ccccc7Oc7ccccc76)c5)cccc4c23)cc1.